The molecule has 3 saturated heterocycles. The number of aromatic nitrogens is 4. The van der Waals surface area contributed by atoms with E-state index in [1.54, 1.807) is 37.3 Å². The molecule has 3 fully saturated rings. The van der Waals surface area contributed by atoms with Crippen LogP contribution in [0.25, 0.3) is 16.9 Å². The molecule has 0 radical (unpaired) electrons. The molecule has 42 heavy (non-hydrogen) atoms. The van der Waals surface area contributed by atoms with Crippen molar-refractivity contribution < 1.29 is 23.0 Å². The second kappa shape index (κ2) is 12.8. The first-order chi connectivity index (χ1) is 20.5. The van der Waals surface area contributed by atoms with Gasteiger partial charge in [0.15, 0.2) is 5.82 Å². The molecule has 0 aliphatic carbocycles. The van der Waals surface area contributed by atoms with Crippen molar-refractivity contribution in [1.29, 1.82) is 0 Å². The quantitative estimate of drug-likeness (QED) is 0.428. The summed E-state index contributed by atoms with van der Waals surface area (Å²) in [6.45, 7) is 9.85. The number of likely N-dealkylation sites (tertiary alicyclic amines) is 1. The molecule has 3 aliphatic heterocycles. The average molecular weight is 585 g/mol. The summed E-state index contributed by atoms with van der Waals surface area (Å²) in [7, 11) is 0. The normalized spacial score (nSPS) is 21.2. The predicted molar refractivity (Wildman–Crippen MR) is 154 cm³/mol. The predicted octanol–water partition coefficient (Wildman–Crippen LogP) is 2.96. The third-order valence-electron chi connectivity index (χ3n) is 8.21. The smallest absolute Gasteiger partial charge is 0.296 e. The number of alkyl halides is 2. The number of fused-ring (bicyclic) bond motifs is 1. The summed E-state index contributed by atoms with van der Waals surface area (Å²) in [4.78, 5) is 33.5. The van der Waals surface area contributed by atoms with E-state index in [-0.39, 0.29) is 17.7 Å². The maximum Gasteiger partial charge on any atom is 0.296 e. The van der Waals surface area contributed by atoms with Crippen molar-refractivity contribution in [3.63, 3.8) is 0 Å². The number of carbonyl (C=O) groups is 1. The summed E-state index contributed by atoms with van der Waals surface area (Å²) in [5.74, 6) is 1.05. The number of benzene rings is 1. The van der Waals surface area contributed by atoms with Gasteiger partial charge in [-0.2, -0.15) is 9.97 Å². The van der Waals surface area contributed by atoms with Gasteiger partial charge in [-0.1, -0.05) is 12.1 Å². The number of morpholine rings is 2. The van der Waals surface area contributed by atoms with Gasteiger partial charge in [-0.15, -0.1) is 0 Å². The number of hydrogen-bond acceptors (Lipinski definition) is 9. The third kappa shape index (κ3) is 6.32. The summed E-state index contributed by atoms with van der Waals surface area (Å²) in [5.41, 5.74) is 0.975. The Morgan fingerprint density at radius 3 is 2.48 bits per heavy atom. The summed E-state index contributed by atoms with van der Waals surface area (Å²) in [5, 5.41) is 3.19. The molecule has 1 N–H and O–H groups in total. The summed E-state index contributed by atoms with van der Waals surface area (Å²) in [6.07, 6.45) is -0.742. The van der Waals surface area contributed by atoms with Crippen LogP contribution in [0.2, 0.25) is 0 Å². The van der Waals surface area contributed by atoms with Gasteiger partial charge in [-0.05, 0) is 37.8 Å². The minimum atomic E-state index is -2.80. The number of imidazole rings is 1. The van der Waals surface area contributed by atoms with Crippen LogP contribution in [-0.4, -0.2) is 114 Å². The maximum absolute atomic E-state index is 14.2. The van der Waals surface area contributed by atoms with Gasteiger partial charge >= 0.3 is 0 Å². The van der Waals surface area contributed by atoms with Crippen molar-refractivity contribution in [2.24, 2.45) is 5.92 Å². The zero-order valence-electron chi connectivity index (χ0n) is 23.9. The fraction of sp³-hybridized carbons (Fsp3) is 0.586. The molecule has 0 saturated carbocycles. The lowest BCUT2D eigenvalue weighted by atomic mass is 9.96. The van der Waals surface area contributed by atoms with Gasteiger partial charge in [0.25, 0.3) is 6.43 Å². The van der Waals surface area contributed by atoms with Gasteiger partial charge in [0.2, 0.25) is 11.9 Å². The lowest BCUT2D eigenvalue weighted by Crippen LogP contribution is -2.49. The van der Waals surface area contributed by atoms with Crippen molar-refractivity contribution in [1.82, 2.24) is 29.3 Å². The highest BCUT2D eigenvalue weighted by Crippen LogP contribution is 2.29. The molecule has 1 unspecified atom stereocenters. The fourth-order valence-electron chi connectivity index (χ4n) is 6.08. The molecule has 5 heterocycles. The molecule has 0 bridgehead atoms. The Hall–Kier alpha value is -3.42. The first kappa shape index (κ1) is 28.7. The van der Waals surface area contributed by atoms with Crippen molar-refractivity contribution >= 4 is 28.7 Å². The van der Waals surface area contributed by atoms with Gasteiger partial charge in [-0.25, -0.2) is 13.8 Å². The van der Waals surface area contributed by atoms with Crippen molar-refractivity contribution in [3.8, 4) is 5.82 Å². The minimum absolute atomic E-state index is 0.0232. The second-order valence-corrected chi connectivity index (χ2v) is 11.2. The van der Waals surface area contributed by atoms with Gasteiger partial charge in [0, 0.05) is 51.9 Å². The van der Waals surface area contributed by atoms with Crippen LogP contribution in [0.1, 0.15) is 32.0 Å². The fourth-order valence-corrected chi connectivity index (χ4v) is 6.08. The highest BCUT2D eigenvalue weighted by molar-refractivity contribution is 5.84. The molecule has 6 rings (SSSR count). The third-order valence-corrected chi connectivity index (χ3v) is 8.21. The van der Waals surface area contributed by atoms with E-state index in [2.05, 4.69) is 20.2 Å². The molecule has 3 aromatic rings. The Bertz CT molecular complexity index is 1380. The van der Waals surface area contributed by atoms with Gasteiger partial charge in [0.05, 0.1) is 37.5 Å². The largest absolute Gasteiger partial charge is 0.379 e. The van der Waals surface area contributed by atoms with Crippen LogP contribution in [0.15, 0.2) is 30.3 Å². The molecule has 226 valence electrons. The molecule has 1 amide bonds. The van der Waals surface area contributed by atoms with E-state index in [1.807, 2.05) is 9.80 Å². The molecule has 11 nitrogen and oxygen atoms in total. The Morgan fingerprint density at radius 2 is 1.71 bits per heavy atom. The van der Waals surface area contributed by atoms with Crippen LogP contribution in [0.4, 0.5) is 20.5 Å². The Morgan fingerprint density at radius 1 is 1.00 bits per heavy atom. The van der Waals surface area contributed by atoms with E-state index >= 15 is 0 Å². The first-order valence-electron chi connectivity index (χ1n) is 14.8. The van der Waals surface area contributed by atoms with Gasteiger partial charge in [0.1, 0.15) is 17.7 Å². The summed E-state index contributed by atoms with van der Waals surface area (Å²) >= 11 is 0. The molecule has 0 spiro atoms. The van der Waals surface area contributed by atoms with Gasteiger partial charge < -0.3 is 24.6 Å². The first-order valence-corrected chi connectivity index (χ1v) is 14.8. The number of nitrogens with one attached hydrogen (secondary N) is 1. The van der Waals surface area contributed by atoms with Crippen molar-refractivity contribution in [3.05, 3.63) is 36.2 Å². The lowest BCUT2D eigenvalue weighted by molar-refractivity contribution is -0.133. The number of amides is 1. The van der Waals surface area contributed by atoms with Crippen LogP contribution in [-0.2, 0) is 14.3 Å². The molecule has 1 aromatic carbocycles. The summed E-state index contributed by atoms with van der Waals surface area (Å²) < 4.78 is 40.7. The van der Waals surface area contributed by atoms with Crippen LogP contribution in [0, 0.1) is 5.92 Å². The Balaban J connectivity index is 1.25. The number of ether oxygens (including phenoxy) is 2. The summed E-state index contributed by atoms with van der Waals surface area (Å²) in [6, 6.07) is 8.09. The average Bonchev–Trinajstić information content (AvgIpc) is 3.42. The number of hydrogen-bond donors (Lipinski definition) is 1. The van der Waals surface area contributed by atoms with Crippen LogP contribution >= 0.6 is 0 Å². The highest BCUT2D eigenvalue weighted by atomic mass is 19.3. The molecule has 3 aliphatic rings. The number of nitrogens with zero attached hydrogens (tertiary/aromatic N) is 7. The van der Waals surface area contributed by atoms with Gasteiger partial charge in [-0.3, -0.25) is 14.3 Å². The molecule has 2 atom stereocenters. The van der Waals surface area contributed by atoms with E-state index in [0.29, 0.717) is 62.2 Å². The molecular formula is C29H38F2N8O3. The van der Waals surface area contributed by atoms with E-state index in [9.17, 15) is 13.6 Å². The highest BCUT2D eigenvalue weighted by Gasteiger charge is 2.29. The Labute approximate surface area is 243 Å². The van der Waals surface area contributed by atoms with Crippen LogP contribution < -0.4 is 10.2 Å². The molecular weight excluding hydrogens is 546 g/mol. The number of piperidine rings is 1. The van der Waals surface area contributed by atoms with E-state index in [0.717, 1.165) is 45.7 Å². The molecule has 2 aromatic heterocycles. The van der Waals surface area contributed by atoms with Crippen LogP contribution in [0.5, 0.6) is 0 Å². The minimum Gasteiger partial charge on any atom is -0.379 e. The van der Waals surface area contributed by atoms with E-state index in [1.165, 1.54) is 4.57 Å². The van der Waals surface area contributed by atoms with Crippen molar-refractivity contribution in [2.75, 3.05) is 82.5 Å². The number of halogens is 2. The van der Waals surface area contributed by atoms with Crippen LogP contribution in [0.3, 0.4) is 0 Å². The molecule has 13 heteroatoms. The topological polar surface area (TPSA) is 101 Å². The zero-order chi connectivity index (χ0) is 29.1. The Kier molecular flexibility index (Phi) is 8.77. The van der Waals surface area contributed by atoms with E-state index < -0.39 is 18.3 Å². The maximum atomic E-state index is 14.2. The van der Waals surface area contributed by atoms with E-state index in [4.69, 9.17) is 14.5 Å². The standard InChI is InChI=1S/C29H38F2N8O3/c1-20(28(40)38-8-4-5-21(19-38)18-36-9-13-41-14-10-36)32-29-34-24(37-11-15-42-16-12-37)17-25(35-29)39-23-7-3-2-6-22(23)33-27(39)26(30)31/h2-3,6-7,17,20-21,26H,4-5,8-16,18-19H2,1H3,(H,32,34,35)/t20-,21?/m0/s1. The SMILES string of the molecule is C[C@H](Nc1nc(N2CCOCC2)cc(-n2c(C(F)F)nc3ccccc32)n1)C(=O)N1CCCC(CN2CCOCC2)C1. The number of rotatable bonds is 8. The zero-order valence-corrected chi connectivity index (χ0v) is 23.9. The number of anilines is 2. The monoisotopic (exact) mass is 584 g/mol. The lowest BCUT2D eigenvalue weighted by Gasteiger charge is -2.37. The second-order valence-electron chi connectivity index (χ2n) is 11.2. The number of para-hydroxylation sites is 2. The number of carbonyl (C=O) groups excluding carboxylic acids is 1. The van der Waals surface area contributed by atoms with Crippen molar-refractivity contribution in [2.45, 2.75) is 32.2 Å².